The Bertz CT molecular complexity index is 1410. The third-order valence-corrected chi connectivity index (χ3v) is 6.89. The van der Waals surface area contributed by atoms with E-state index in [4.69, 9.17) is 14.2 Å². The lowest BCUT2D eigenvalue weighted by molar-refractivity contribution is 0.0997. The van der Waals surface area contributed by atoms with Crippen LogP contribution in [0.4, 0.5) is 11.6 Å². The van der Waals surface area contributed by atoms with Crippen molar-refractivity contribution in [1.82, 2.24) is 8.96 Å². The molecule has 0 atom stereocenters. The smallest absolute Gasteiger partial charge is 0.270 e. The van der Waals surface area contributed by atoms with Gasteiger partial charge in [-0.1, -0.05) is 36.4 Å². The van der Waals surface area contributed by atoms with Gasteiger partial charge in [-0.25, -0.2) is 22.3 Å². The molecule has 1 amide bonds. The maximum Gasteiger partial charge on any atom is 0.270 e. The summed E-state index contributed by atoms with van der Waals surface area (Å²) in [6.45, 7) is 0. The van der Waals surface area contributed by atoms with Gasteiger partial charge in [-0.2, -0.15) is 0 Å². The summed E-state index contributed by atoms with van der Waals surface area (Å²) in [5.74, 6) is 0.239. The minimum atomic E-state index is -4.04. The Kier molecular flexibility index (Phi) is 6.74. The number of hydrogen-bond donors (Lipinski definition) is 0. The van der Waals surface area contributed by atoms with E-state index in [-0.39, 0.29) is 27.9 Å². The van der Waals surface area contributed by atoms with Crippen LogP contribution in [-0.2, 0) is 10.0 Å². The first-order valence-corrected chi connectivity index (χ1v) is 11.9. The summed E-state index contributed by atoms with van der Waals surface area (Å²) in [5.41, 5.74) is 0.594. The summed E-state index contributed by atoms with van der Waals surface area (Å²) >= 11 is 0. The van der Waals surface area contributed by atoms with E-state index in [2.05, 4.69) is 4.98 Å². The number of ether oxygens (including phenoxy) is 3. The number of imidazole rings is 1. The number of aromatic nitrogens is 2. The van der Waals surface area contributed by atoms with Crippen LogP contribution in [0.15, 0.2) is 90.1 Å². The molecule has 0 aliphatic carbocycles. The van der Waals surface area contributed by atoms with Gasteiger partial charge in [0.25, 0.3) is 15.9 Å². The summed E-state index contributed by atoms with van der Waals surface area (Å²) in [6.07, 6.45) is 2.63. The molecule has 0 radical (unpaired) electrons. The van der Waals surface area contributed by atoms with Crippen molar-refractivity contribution in [2.24, 2.45) is 0 Å². The molecule has 35 heavy (non-hydrogen) atoms. The van der Waals surface area contributed by atoms with Gasteiger partial charge in [-0.05, 0) is 36.4 Å². The molecule has 9 nitrogen and oxygen atoms in total. The lowest BCUT2D eigenvalue weighted by Crippen LogP contribution is -2.30. The van der Waals surface area contributed by atoms with Gasteiger partial charge in [-0.15, -0.1) is 0 Å². The highest BCUT2D eigenvalue weighted by molar-refractivity contribution is 7.90. The normalized spacial score (nSPS) is 11.1. The topological polar surface area (TPSA) is 100.0 Å². The second kappa shape index (κ2) is 9.90. The van der Waals surface area contributed by atoms with Crippen LogP contribution >= 0.6 is 0 Å². The molecular weight excluding hydrogens is 470 g/mol. The fourth-order valence-corrected chi connectivity index (χ4v) is 4.85. The number of amides is 1. The van der Waals surface area contributed by atoms with E-state index >= 15 is 0 Å². The van der Waals surface area contributed by atoms with Gasteiger partial charge >= 0.3 is 0 Å². The lowest BCUT2D eigenvalue weighted by Gasteiger charge is -2.24. The molecule has 0 N–H and O–H groups in total. The van der Waals surface area contributed by atoms with Crippen molar-refractivity contribution in [1.29, 1.82) is 0 Å². The Hall–Kier alpha value is -4.31. The number of carbonyl (C=O) groups is 1. The molecule has 0 fully saturated rings. The quantitative estimate of drug-likeness (QED) is 0.364. The fraction of sp³-hybridized carbons (Fsp3) is 0.120. The number of para-hydroxylation sites is 1. The van der Waals surface area contributed by atoms with E-state index < -0.39 is 15.9 Å². The Balaban J connectivity index is 1.90. The average molecular weight is 494 g/mol. The van der Waals surface area contributed by atoms with Gasteiger partial charge in [0.15, 0.2) is 11.5 Å². The van der Waals surface area contributed by atoms with Gasteiger partial charge in [0.05, 0.1) is 31.9 Å². The molecule has 0 aliphatic rings. The highest BCUT2D eigenvalue weighted by Gasteiger charge is 2.30. The van der Waals surface area contributed by atoms with Crippen LogP contribution in [0, 0.1) is 0 Å². The highest BCUT2D eigenvalue weighted by atomic mass is 32.2. The molecule has 3 aromatic carbocycles. The summed E-state index contributed by atoms with van der Waals surface area (Å²) in [4.78, 5) is 19.5. The number of nitrogens with zero attached hydrogens (tertiary/aromatic N) is 3. The van der Waals surface area contributed by atoms with Crippen molar-refractivity contribution >= 4 is 27.6 Å². The third kappa shape index (κ3) is 4.43. The summed E-state index contributed by atoms with van der Waals surface area (Å²) < 4.78 is 44.0. The Morgan fingerprint density at radius 2 is 1.43 bits per heavy atom. The number of benzene rings is 3. The number of methoxy groups -OCH3 is 3. The van der Waals surface area contributed by atoms with Crippen molar-refractivity contribution in [3.63, 3.8) is 0 Å². The second-order valence-corrected chi connectivity index (χ2v) is 9.05. The van der Waals surface area contributed by atoms with Gasteiger partial charge in [0, 0.05) is 18.0 Å². The van der Waals surface area contributed by atoms with Crippen molar-refractivity contribution < 1.29 is 27.4 Å². The molecule has 10 heteroatoms. The number of hydrogen-bond acceptors (Lipinski definition) is 7. The van der Waals surface area contributed by atoms with Crippen LogP contribution in [0.1, 0.15) is 10.4 Å². The Labute approximate surface area is 203 Å². The maximum absolute atomic E-state index is 13.9. The number of rotatable bonds is 8. The van der Waals surface area contributed by atoms with Crippen LogP contribution in [0.25, 0.3) is 0 Å². The maximum atomic E-state index is 13.9. The number of anilines is 2. The third-order valence-electron chi connectivity index (χ3n) is 5.22. The molecule has 1 heterocycles. The van der Waals surface area contributed by atoms with Gasteiger partial charge in [0.2, 0.25) is 11.7 Å². The zero-order valence-corrected chi connectivity index (χ0v) is 20.1. The molecule has 0 bridgehead atoms. The van der Waals surface area contributed by atoms with Crippen LogP contribution < -0.4 is 19.1 Å². The fourth-order valence-electron chi connectivity index (χ4n) is 3.57. The molecule has 0 saturated carbocycles. The number of carbonyl (C=O) groups excluding carboxylic acids is 1. The first kappa shape index (κ1) is 23.8. The van der Waals surface area contributed by atoms with E-state index in [0.29, 0.717) is 11.4 Å². The monoisotopic (exact) mass is 493 g/mol. The molecular formula is C25H23N3O6S. The lowest BCUT2D eigenvalue weighted by atomic mass is 10.1. The zero-order valence-electron chi connectivity index (χ0n) is 19.3. The van der Waals surface area contributed by atoms with Gasteiger partial charge < -0.3 is 14.2 Å². The van der Waals surface area contributed by atoms with Gasteiger partial charge in [-0.3, -0.25) is 4.79 Å². The summed E-state index contributed by atoms with van der Waals surface area (Å²) in [5, 5.41) is 0. The zero-order chi connectivity index (χ0) is 25.0. The predicted molar refractivity (Wildman–Crippen MR) is 130 cm³/mol. The average Bonchev–Trinajstić information content (AvgIpc) is 3.39. The van der Waals surface area contributed by atoms with E-state index in [1.165, 1.54) is 62.9 Å². The molecule has 4 aromatic rings. The van der Waals surface area contributed by atoms with Crippen LogP contribution in [0.2, 0.25) is 0 Å². The molecule has 0 unspecified atom stereocenters. The minimum absolute atomic E-state index is 0.0625. The standard InChI is InChI=1S/C25H23N3O6S/c1-32-21-16-18(17-22(33-2)23(21)34-3)24(29)28(19-10-6-4-7-11-19)25-26-14-15-27(25)35(30,31)20-12-8-5-9-13-20/h4-17H,1-3H3. The van der Waals surface area contributed by atoms with E-state index in [0.717, 1.165) is 3.97 Å². The van der Waals surface area contributed by atoms with Crippen molar-refractivity contribution in [3.05, 3.63) is 90.8 Å². The molecule has 180 valence electrons. The first-order valence-electron chi connectivity index (χ1n) is 10.5. The second-order valence-electron chi connectivity index (χ2n) is 7.23. The van der Waals surface area contributed by atoms with Crippen LogP contribution in [-0.4, -0.2) is 44.6 Å². The molecule has 4 rings (SSSR count). The molecule has 1 aromatic heterocycles. The predicted octanol–water partition coefficient (Wildman–Crippen LogP) is 4.12. The summed E-state index contributed by atoms with van der Waals surface area (Å²) in [6, 6.07) is 19.6. The first-order chi connectivity index (χ1) is 16.9. The largest absolute Gasteiger partial charge is 0.493 e. The van der Waals surface area contributed by atoms with E-state index in [1.54, 1.807) is 48.5 Å². The van der Waals surface area contributed by atoms with Gasteiger partial charge in [0.1, 0.15) is 0 Å². The van der Waals surface area contributed by atoms with Crippen molar-refractivity contribution in [2.75, 3.05) is 26.2 Å². The Morgan fingerprint density at radius 1 is 0.857 bits per heavy atom. The molecule has 0 saturated heterocycles. The highest BCUT2D eigenvalue weighted by Crippen LogP contribution is 2.39. The van der Waals surface area contributed by atoms with Crippen LogP contribution in [0.5, 0.6) is 17.2 Å². The Morgan fingerprint density at radius 3 is 1.97 bits per heavy atom. The van der Waals surface area contributed by atoms with Crippen molar-refractivity contribution in [3.8, 4) is 17.2 Å². The van der Waals surface area contributed by atoms with E-state index in [9.17, 15) is 13.2 Å². The summed E-state index contributed by atoms with van der Waals surface area (Å²) in [7, 11) is 0.309. The van der Waals surface area contributed by atoms with Crippen molar-refractivity contribution in [2.45, 2.75) is 4.90 Å². The van der Waals surface area contributed by atoms with Crippen LogP contribution in [0.3, 0.4) is 0 Å². The molecule has 0 spiro atoms. The minimum Gasteiger partial charge on any atom is -0.493 e. The van der Waals surface area contributed by atoms with E-state index in [1.807, 2.05) is 0 Å². The molecule has 0 aliphatic heterocycles. The SMILES string of the molecule is COc1cc(C(=O)N(c2ccccc2)c2nccn2S(=O)(=O)c2ccccc2)cc(OC)c1OC.